The van der Waals surface area contributed by atoms with Crippen LogP contribution in [0, 0.1) is 110 Å². The fourth-order valence-electron chi connectivity index (χ4n) is 10.1. The van der Waals surface area contributed by atoms with Gasteiger partial charge in [0.1, 0.15) is 0 Å². The van der Waals surface area contributed by atoms with Gasteiger partial charge < -0.3 is 56.4 Å². The predicted molar refractivity (Wildman–Crippen MR) is 289 cm³/mol. The third-order valence-electron chi connectivity index (χ3n) is 14.0. The molecule has 6 atom stereocenters. The van der Waals surface area contributed by atoms with Crippen LogP contribution < -0.4 is 0 Å². The predicted octanol–water partition coefficient (Wildman–Crippen LogP) is 23.0. The Morgan fingerprint density at radius 3 is 0.921 bits per heavy atom. The molecule has 0 nitrogen and oxygen atoms in total. The number of rotatable bonds is 12. The summed E-state index contributed by atoms with van der Waals surface area (Å²) in [6, 6.07) is 0. The van der Waals surface area contributed by atoms with Gasteiger partial charge in [-0.2, -0.15) is 36.5 Å². The molecule has 6 fully saturated rings. The van der Waals surface area contributed by atoms with Crippen LogP contribution >= 0.6 is 34.1 Å². The molecule has 0 aromatic rings. The zero-order valence-corrected chi connectivity index (χ0v) is 56.7. The van der Waals surface area contributed by atoms with Crippen LogP contribution in [-0.4, -0.2) is 0 Å². The van der Waals surface area contributed by atoms with E-state index in [1.54, 1.807) is 0 Å². The van der Waals surface area contributed by atoms with Crippen LogP contribution in [0.1, 0.15) is 255 Å². The van der Waals surface area contributed by atoms with Crippen molar-refractivity contribution < 1.29 is 67.5 Å². The van der Waals surface area contributed by atoms with Gasteiger partial charge in [0.15, 0.2) is 0 Å². The maximum atomic E-state index is 4.93. The molecule has 0 spiro atoms. The van der Waals surface area contributed by atoms with Crippen molar-refractivity contribution in [3.63, 3.8) is 0 Å². The summed E-state index contributed by atoms with van der Waals surface area (Å²) in [5.41, 5.74) is 0. The smallest absolute Gasteiger partial charge is 4.00 e. The Bertz CT molecular complexity index is 673. The van der Waals surface area contributed by atoms with Crippen molar-refractivity contribution >= 4 is 34.1 Å². The Kier molecular flexibility index (Phi) is 84.7. The van der Waals surface area contributed by atoms with Crippen LogP contribution in [0.4, 0.5) is 0 Å². The van der Waals surface area contributed by atoms with E-state index in [2.05, 4.69) is 81.6 Å². The largest absolute Gasteiger partial charge is 4.00 e. The SMILES string of the molecule is CC1[CH-]C(C)C(C)C1C.CCCC1CCCC1.CCCC1CCCC1.CCCC1[CH-]CCC1.CCCCC1CCCC1.CCCCC1[CH-]CCC1.[CH3-].[CH3-].[CH3-].[CH3-].[CH3-].[Cl][Zr+2][Cl].[Cl][Zr+2][Cl].[Hf+4]. The molecule has 378 valence electrons. The molecular formula is C56H114Cl4HfZr2. The van der Waals surface area contributed by atoms with Gasteiger partial charge in [-0.3, -0.25) is 0 Å². The van der Waals surface area contributed by atoms with Gasteiger partial charge in [-0.15, -0.1) is 0 Å². The van der Waals surface area contributed by atoms with Gasteiger partial charge in [-0.25, -0.2) is 0 Å². The summed E-state index contributed by atoms with van der Waals surface area (Å²) >= 11 is -1.65. The van der Waals surface area contributed by atoms with Gasteiger partial charge in [-0.1, -0.05) is 254 Å². The molecule has 63 heavy (non-hydrogen) atoms. The molecule has 0 heterocycles. The Hall–Kier alpha value is 3.80. The summed E-state index contributed by atoms with van der Waals surface area (Å²) in [6.07, 6.45) is 51.4. The zero-order chi connectivity index (χ0) is 42.9. The van der Waals surface area contributed by atoms with E-state index in [1.807, 2.05) is 0 Å². The first-order valence-electron chi connectivity index (χ1n) is 25.1. The second kappa shape index (κ2) is 63.8. The minimum absolute atomic E-state index is 0. The molecule has 6 aliphatic rings. The van der Waals surface area contributed by atoms with Gasteiger partial charge >= 0.3 is 102 Å². The monoisotopic (exact) mass is 1290 g/mol. The molecular weight excluding hydrogens is 1180 g/mol. The molecule has 0 aliphatic heterocycles. The van der Waals surface area contributed by atoms with E-state index < -0.39 is 41.7 Å². The number of hydrogen-bond donors (Lipinski definition) is 0. The van der Waals surface area contributed by atoms with Crippen molar-refractivity contribution in [2.75, 3.05) is 0 Å². The van der Waals surface area contributed by atoms with E-state index in [0.717, 1.165) is 53.3 Å². The van der Waals surface area contributed by atoms with Crippen molar-refractivity contribution in [3.8, 4) is 0 Å². The molecule has 7 heteroatoms. The molecule has 0 saturated heterocycles. The van der Waals surface area contributed by atoms with E-state index in [4.69, 9.17) is 34.1 Å². The second-order valence-corrected chi connectivity index (χ2v) is 26.2. The van der Waals surface area contributed by atoms with Crippen molar-refractivity contribution in [2.24, 2.45) is 53.3 Å². The third kappa shape index (κ3) is 52.0. The van der Waals surface area contributed by atoms with Crippen molar-refractivity contribution in [3.05, 3.63) is 56.4 Å². The molecule has 6 saturated carbocycles. The molecule has 0 amide bonds. The van der Waals surface area contributed by atoms with E-state index in [0.29, 0.717) is 0 Å². The van der Waals surface area contributed by atoms with Crippen LogP contribution in [0.25, 0.3) is 0 Å². The third-order valence-corrected chi connectivity index (χ3v) is 14.0. The van der Waals surface area contributed by atoms with Crippen molar-refractivity contribution in [2.45, 2.75) is 255 Å². The topological polar surface area (TPSA) is 0 Å². The van der Waals surface area contributed by atoms with E-state index in [9.17, 15) is 0 Å². The summed E-state index contributed by atoms with van der Waals surface area (Å²) in [5, 5.41) is 0. The Balaban J connectivity index is -0.0000000919. The fraction of sp³-hybridized carbons (Fsp3) is 0.857. The molecule has 0 bridgehead atoms. The van der Waals surface area contributed by atoms with Crippen LogP contribution in [0.3, 0.4) is 0 Å². The molecule has 6 rings (SSSR count). The van der Waals surface area contributed by atoms with Crippen LogP contribution in [0.5, 0.6) is 0 Å². The normalized spacial score (nSPS) is 23.9. The van der Waals surface area contributed by atoms with Crippen molar-refractivity contribution in [1.82, 2.24) is 0 Å². The van der Waals surface area contributed by atoms with Gasteiger partial charge in [0, 0.05) is 0 Å². The van der Waals surface area contributed by atoms with E-state index >= 15 is 0 Å². The maximum absolute atomic E-state index is 4.93. The molecule has 0 aromatic carbocycles. The zero-order valence-electron chi connectivity index (χ0n) is 45.2. The molecule has 6 aliphatic carbocycles. The van der Waals surface area contributed by atoms with Gasteiger partial charge in [0.2, 0.25) is 0 Å². The average Bonchev–Trinajstić information content (AvgIpc) is 4.07. The van der Waals surface area contributed by atoms with Crippen LogP contribution in [-0.2, 0) is 67.5 Å². The van der Waals surface area contributed by atoms with E-state index in [-0.39, 0.29) is 63.0 Å². The Labute approximate surface area is 461 Å². The minimum Gasteiger partial charge on any atom is 4.00 e. The number of unbranched alkanes of at least 4 members (excludes halogenated alkanes) is 2. The summed E-state index contributed by atoms with van der Waals surface area (Å²) in [4.78, 5) is 0. The molecule has 0 radical (unpaired) electrons. The standard InChI is InChI=1S/C9H17.C9H18.C9H17.2C8H16.C8H15.5CH3.4ClH.Hf.2Zr/c1-6-5-7(2)9(4)8(6)3;2*1-2-3-6-9-7-4-5-8-9;3*1-2-5-8-6-3-4-7-8;;;;;;;;;;;;/h5-9H,1-4H3;9H,2-8H2,1H3;7,9H,2-6,8H2,1H3;2*8H,2-7H2,1H3;6,8H,2-5,7H2,1H3;5*1H3;4*1H;;;/q-1;;-1;;;6*-1;;;;;3*+4/p-4. The summed E-state index contributed by atoms with van der Waals surface area (Å²) in [6.45, 7) is 20.8. The fourth-order valence-corrected chi connectivity index (χ4v) is 10.1. The quantitative estimate of drug-likeness (QED) is 0.135. The second-order valence-electron chi connectivity index (χ2n) is 18.7. The Morgan fingerprint density at radius 1 is 0.397 bits per heavy atom. The first kappa shape index (κ1) is 83.6. The molecule has 6 unspecified atom stereocenters. The first-order valence-corrected chi connectivity index (χ1v) is 37.7. The van der Waals surface area contributed by atoms with Crippen LogP contribution in [0.15, 0.2) is 0 Å². The van der Waals surface area contributed by atoms with E-state index in [1.165, 1.54) is 193 Å². The first-order chi connectivity index (χ1) is 27.6. The molecule has 0 aromatic heterocycles. The Morgan fingerprint density at radius 2 is 0.683 bits per heavy atom. The number of hydrogen-bond acceptors (Lipinski definition) is 0. The molecule has 0 N–H and O–H groups in total. The van der Waals surface area contributed by atoms with Crippen LogP contribution in [0.2, 0.25) is 0 Å². The maximum Gasteiger partial charge on any atom is 4.00 e. The van der Waals surface area contributed by atoms with Gasteiger partial charge in [0.05, 0.1) is 0 Å². The minimum atomic E-state index is -0.826. The van der Waals surface area contributed by atoms with Crippen molar-refractivity contribution in [1.29, 1.82) is 0 Å². The summed E-state index contributed by atoms with van der Waals surface area (Å²) in [5.74, 6) is 8.81. The average molecular weight is 1290 g/mol. The number of halogens is 4. The van der Waals surface area contributed by atoms with Gasteiger partial charge in [-0.05, 0) is 17.8 Å². The van der Waals surface area contributed by atoms with Gasteiger partial charge in [0.25, 0.3) is 0 Å². The summed E-state index contributed by atoms with van der Waals surface area (Å²) < 4.78 is 0. The summed E-state index contributed by atoms with van der Waals surface area (Å²) in [7, 11) is 19.7.